The average Bonchev–Trinajstić information content (AvgIpc) is 1.85. The summed E-state index contributed by atoms with van der Waals surface area (Å²) in [6.45, 7) is 5.25. The van der Waals surface area contributed by atoms with E-state index in [4.69, 9.17) is 0 Å². The zero-order chi connectivity index (χ0) is 8.15. The third kappa shape index (κ3) is 3.17. The van der Waals surface area contributed by atoms with Crippen molar-refractivity contribution in [3.8, 4) is 0 Å². The van der Waals surface area contributed by atoms with Crippen LogP contribution < -0.4 is 0 Å². The van der Waals surface area contributed by atoms with Crippen molar-refractivity contribution in [2.45, 2.75) is 20.8 Å². The molecule has 0 fully saturated rings. The molecule has 0 bridgehead atoms. The number of allylic oxidation sites excluding steroid dienone is 2. The van der Waals surface area contributed by atoms with E-state index in [9.17, 15) is 9.59 Å². The highest BCUT2D eigenvalue weighted by Crippen LogP contribution is 1.97. The minimum atomic E-state index is -0.491. The Kier molecular flexibility index (Phi) is 3.62. The number of hydrogen-bond acceptors (Lipinski definition) is 2. The van der Waals surface area contributed by atoms with Gasteiger partial charge in [0.1, 0.15) is 6.29 Å². The van der Waals surface area contributed by atoms with Crippen LogP contribution in [0.5, 0.6) is 0 Å². The highest BCUT2D eigenvalue weighted by Gasteiger charge is 2.06. The van der Waals surface area contributed by atoms with Crippen molar-refractivity contribution in [2.24, 2.45) is 5.92 Å². The van der Waals surface area contributed by atoms with E-state index in [-0.39, 0.29) is 5.78 Å². The van der Waals surface area contributed by atoms with Crippen LogP contribution in [0, 0.1) is 5.92 Å². The van der Waals surface area contributed by atoms with E-state index in [2.05, 4.69) is 0 Å². The van der Waals surface area contributed by atoms with E-state index in [1.807, 2.05) is 13.8 Å². The van der Waals surface area contributed by atoms with E-state index in [0.717, 1.165) is 5.57 Å². The third-order valence-electron chi connectivity index (χ3n) is 1.08. The molecule has 0 aromatic heterocycles. The Bertz CT molecular complexity index is 164. The summed E-state index contributed by atoms with van der Waals surface area (Å²) in [6.07, 6.45) is 2.14. The van der Waals surface area contributed by atoms with Gasteiger partial charge in [-0.15, -0.1) is 0 Å². The minimum Gasteiger partial charge on any atom is -0.303 e. The molecule has 2 heteroatoms. The average molecular weight is 140 g/mol. The summed E-state index contributed by atoms with van der Waals surface area (Å²) < 4.78 is 0. The Labute approximate surface area is 60.9 Å². The van der Waals surface area contributed by atoms with Crippen LogP contribution in [0.3, 0.4) is 0 Å². The highest BCUT2D eigenvalue weighted by molar-refractivity contribution is 6.00. The summed E-state index contributed by atoms with van der Waals surface area (Å²) in [4.78, 5) is 21.0. The topological polar surface area (TPSA) is 34.1 Å². The molecule has 56 valence electrons. The Hall–Kier alpha value is -0.920. The van der Waals surface area contributed by atoms with Gasteiger partial charge in [0.05, 0.1) is 5.92 Å². The number of aldehydes is 1. The van der Waals surface area contributed by atoms with Crippen molar-refractivity contribution in [2.75, 3.05) is 0 Å². The number of rotatable bonds is 3. The molecule has 0 aliphatic heterocycles. The lowest BCUT2D eigenvalue weighted by atomic mass is 10.1. The zero-order valence-electron chi connectivity index (χ0n) is 6.55. The van der Waals surface area contributed by atoms with Crippen molar-refractivity contribution < 1.29 is 9.59 Å². The summed E-state index contributed by atoms with van der Waals surface area (Å²) in [5.74, 6) is -0.607. The zero-order valence-corrected chi connectivity index (χ0v) is 6.55. The second kappa shape index (κ2) is 3.99. The lowest BCUT2D eigenvalue weighted by molar-refractivity contribution is -0.123. The van der Waals surface area contributed by atoms with Crippen molar-refractivity contribution in [1.82, 2.24) is 0 Å². The summed E-state index contributed by atoms with van der Waals surface area (Å²) >= 11 is 0. The molecule has 1 atom stereocenters. The lowest BCUT2D eigenvalue weighted by Gasteiger charge is -1.95. The van der Waals surface area contributed by atoms with Gasteiger partial charge in [0.25, 0.3) is 0 Å². The Balaban J connectivity index is 4.10. The summed E-state index contributed by atoms with van der Waals surface area (Å²) in [7, 11) is 0. The Morgan fingerprint density at radius 1 is 1.40 bits per heavy atom. The smallest absolute Gasteiger partial charge is 0.165 e. The lowest BCUT2D eigenvalue weighted by Crippen LogP contribution is -2.08. The molecule has 0 heterocycles. The third-order valence-corrected chi connectivity index (χ3v) is 1.08. The Morgan fingerprint density at radius 2 is 1.90 bits per heavy atom. The van der Waals surface area contributed by atoms with Crippen LogP contribution in [0.15, 0.2) is 11.6 Å². The van der Waals surface area contributed by atoms with Crippen LogP contribution in [0.25, 0.3) is 0 Å². The van der Waals surface area contributed by atoms with Gasteiger partial charge in [0.2, 0.25) is 0 Å². The van der Waals surface area contributed by atoms with Crippen molar-refractivity contribution in [3.05, 3.63) is 11.6 Å². The molecular formula is C8H12O2. The van der Waals surface area contributed by atoms with Gasteiger partial charge in [-0.05, 0) is 26.8 Å². The first-order valence-corrected chi connectivity index (χ1v) is 3.22. The van der Waals surface area contributed by atoms with Crippen LogP contribution in [0.2, 0.25) is 0 Å². The molecule has 0 amide bonds. The minimum absolute atomic E-state index is 0.116. The van der Waals surface area contributed by atoms with Gasteiger partial charge in [0.15, 0.2) is 5.78 Å². The van der Waals surface area contributed by atoms with Crippen LogP contribution >= 0.6 is 0 Å². The molecule has 0 aromatic carbocycles. The summed E-state index contributed by atoms with van der Waals surface area (Å²) in [5, 5.41) is 0. The number of carbonyl (C=O) groups is 2. The predicted molar refractivity (Wildman–Crippen MR) is 39.7 cm³/mol. The summed E-state index contributed by atoms with van der Waals surface area (Å²) in [6, 6.07) is 0. The Morgan fingerprint density at radius 3 is 2.20 bits per heavy atom. The first-order chi connectivity index (χ1) is 4.57. The standard InChI is InChI=1S/C8H12O2/c1-6(2)4-8(10)7(3)5-9/h4-5,7H,1-3H3. The molecular weight excluding hydrogens is 128 g/mol. The largest absolute Gasteiger partial charge is 0.303 e. The molecule has 0 aliphatic rings. The fourth-order valence-corrected chi connectivity index (χ4v) is 0.483. The number of hydrogen-bond donors (Lipinski definition) is 0. The van der Waals surface area contributed by atoms with Gasteiger partial charge in [-0.1, -0.05) is 5.57 Å². The maximum atomic E-state index is 10.9. The van der Waals surface area contributed by atoms with E-state index >= 15 is 0 Å². The van der Waals surface area contributed by atoms with E-state index in [0.29, 0.717) is 6.29 Å². The molecule has 0 spiro atoms. The molecule has 0 rings (SSSR count). The van der Waals surface area contributed by atoms with E-state index in [1.165, 1.54) is 6.08 Å². The molecule has 0 aliphatic carbocycles. The summed E-state index contributed by atoms with van der Waals surface area (Å²) in [5.41, 5.74) is 0.929. The maximum absolute atomic E-state index is 10.9. The van der Waals surface area contributed by atoms with Gasteiger partial charge in [-0.2, -0.15) is 0 Å². The normalized spacial score (nSPS) is 11.9. The van der Waals surface area contributed by atoms with Crippen molar-refractivity contribution in [3.63, 3.8) is 0 Å². The molecule has 0 N–H and O–H groups in total. The van der Waals surface area contributed by atoms with Gasteiger partial charge < -0.3 is 4.79 Å². The molecule has 0 saturated carbocycles. The van der Waals surface area contributed by atoms with Gasteiger partial charge >= 0.3 is 0 Å². The first kappa shape index (κ1) is 9.08. The van der Waals surface area contributed by atoms with Crippen LogP contribution in [-0.2, 0) is 9.59 Å². The molecule has 2 nitrogen and oxygen atoms in total. The predicted octanol–water partition coefficient (Wildman–Crippen LogP) is 1.36. The first-order valence-electron chi connectivity index (χ1n) is 3.22. The van der Waals surface area contributed by atoms with Crippen LogP contribution in [-0.4, -0.2) is 12.1 Å². The number of ketones is 1. The SMILES string of the molecule is CC(C)=CC(=O)C(C)C=O. The molecule has 1 unspecified atom stereocenters. The van der Waals surface area contributed by atoms with Gasteiger partial charge in [-0.25, -0.2) is 0 Å². The quantitative estimate of drug-likeness (QED) is 0.337. The number of carbonyl (C=O) groups excluding carboxylic acids is 2. The van der Waals surface area contributed by atoms with Gasteiger partial charge in [0, 0.05) is 0 Å². The van der Waals surface area contributed by atoms with Crippen molar-refractivity contribution >= 4 is 12.1 Å². The second-order valence-electron chi connectivity index (χ2n) is 2.55. The highest BCUT2D eigenvalue weighted by atomic mass is 16.1. The second-order valence-corrected chi connectivity index (χ2v) is 2.55. The van der Waals surface area contributed by atoms with E-state index < -0.39 is 5.92 Å². The fraction of sp³-hybridized carbons (Fsp3) is 0.500. The van der Waals surface area contributed by atoms with E-state index in [1.54, 1.807) is 6.92 Å². The fourth-order valence-electron chi connectivity index (χ4n) is 0.483. The molecule has 10 heavy (non-hydrogen) atoms. The van der Waals surface area contributed by atoms with Crippen LogP contribution in [0.4, 0.5) is 0 Å². The van der Waals surface area contributed by atoms with Crippen molar-refractivity contribution in [1.29, 1.82) is 0 Å². The maximum Gasteiger partial charge on any atom is 0.165 e. The molecule has 0 saturated heterocycles. The van der Waals surface area contributed by atoms with Gasteiger partial charge in [-0.3, -0.25) is 4.79 Å². The monoisotopic (exact) mass is 140 g/mol. The molecule has 0 aromatic rings. The molecule has 0 radical (unpaired) electrons. The van der Waals surface area contributed by atoms with Crippen LogP contribution in [0.1, 0.15) is 20.8 Å².